The van der Waals surface area contributed by atoms with Crippen LogP contribution in [0.25, 0.3) is 11.4 Å². The van der Waals surface area contributed by atoms with Crippen LogP contribution in [0.4, 0.5) is 0 Å². The summed E-state index contributed by atoms with van der Waals surface area (Å²) in [5.41, 5.74) is 6.73. The number of hydrogen-bond acceptors (Lipinski definition) is 7. The Bertz CT molecular complexity index is 751. The molecule has 1 aromatic carbocycles. The number of methoxy groups -OCH3 is 1. The van der Waals surface area contributed by atoms with Crippen molar-refractivity contribution in [1.29, 1.82) is 0 Å². The molecule has 1 aliphatic heterocycles. The maximum atomic E-state index is 12.4. The standard InChI is InChI=1S/C19H27N5O3/c1-13(14(2)20)19(25)24-10-8-23(9-11-24)12-17-21-18(22-27-17)15-4-6-16(26-3)7-5-15/h4-7,13-14H,8-12,20H2,1-3H3. The molecule has 2 aromatic rings. The quantitative estimate of drug-likeness (QED) is 0.817. The Hall–Kier alpha value is -2.45. The summed E-state index contributed by atoms with van der Waals surface area (Å²) in [6.45, 7) is 7.27. The van der Waals surface area contributed by atoms with E-state index in [4.69, 9.17) is 15.0 Å². The van der Waals surface area contributed by atoms with Crippen molar-refractivity contribution in [3.63, 3.8) is 0 Å². The second-order valence-electron chi connectivity index (χ2n) is 6.99. The minimum atomic E-state index is -0.153. The van der Waals surface area contributed by atoms with Gasteiger partial charge in [0.05, 0.1) is 19.6 Å². The Labute approximate surface area is 159 Å². The lowest BCUT2D eigenvalue weighted by molar-refractivity contribution is -0.137. The summed E-state index contributed by atoms with van der Waals surface area (Å²) >= 11 is 0. The molecule has 1 aliphatic rings. The Morgan fingerprint density at radius 2 is 1.89 bits per heavy atom. The molecule has 1 saturated heterocycles. The van der Waals surface area contributed by atoms with Crippen molar-refractivity contribution < 1.29 is 14.1 Å². The van der Waals surface area contributed by atoms with Gasteiger partial charge >= 0.3 is 0 Å². The van der Waals surface area contributed by atoms with Crippen LogP contribution in [0.2, 0.25) is 0 Å². The monoisotopic (exact) mass is 373 g/mol. The van der Waals surface area contributed by atoms with Crippen molar-refractivity contribution in [3.8, 4) is 17.1 Å². The number of ether oxygens (including phenoxy) is 1. The van der Waals surface area contributed by atoms with Gasteiger partial charge < -0.3 is 19.9 Å². The van der Waals surface area contributed by atoms with Gasteiger partial charge in [-0.05, 0) is 31.2 Å². The maximum Gasteiger partial charge on any atom is 0.241 e. The molecule has 0 aliphatic carbocycles. The normalized spacial score (nSPS) is 17.6. The highest BCUT2D eigenvalue weighted by Crippen LogP contribution is 2.20. The summed E-state index contributed by atoms with van der Waals surface area (Å²) < 4.78 is 10.5. The molecule has 146 valence electrons. The smallest absolute Gasteiger partial charge is 0.241 e. The molecule has 2 atom stereocenters. The van der Waals surface area contributed by atoms with E-state index in [2.05, 4.69) is 15.0 Å². The molecular formula is C19H27N5O3. The Kier molecular flexibility index (Phi) is 6.08. The van der Waals surface area contributed by atoms with Crippen molar-refractivity contribution in [1.82, 2.24) is 19.9 Å². The molecule has 0 spiro atoms. The van der Waals surface area contributed by atoms with Gasteiger partial charge in [-0.1, -0.05) is 12.1 Å². The first-order valence-corrected chi connectivity index (χ1v) is 9.21. The molecule has 1 amide bonds. The average molecular weight is 373 g/mol. The third-order valence-electron chi connectivity index (χ3n) is 5.04. The number of piperazine rings is 1. The number of rotatable bonds is 6. The van der Waals surface area contributed by atoms with E-state index >= 15 is 0 Å². The highest BCUT2D eigenvalue weighted by atomic mass is 16.5. The number of carbonyl (C=O) groups is 1. The fourth-order valence-corrected chi connectivity index (χ4v) is 3.01. The van der Waals surface area contributed by atoms with Gasteiger partial charge in [0.1, 0.15) is 5.75 Å². The van der Waals surface area contributed by atoms with Crippen molar-refractivity contribution in [2.45, 2.75) is 26.4 Å². The van der Waals surface area contributed by atoms with Crippen LogP contribution in [0.15, 0.2) is 28.8 Å². The zero-order valence-electron chi connectivity index (χ0n) is 16.1. The molecule has 8 nitrogen and oxygen atoms in total. The number of benzene rings is 1. The second kappa shape index (κ2) is 8.49. The van der Waals surface area contributed by atoms with Crippen LogP contribution in [-0.4, -0.2) is 65.2 Å². The summed E-state index contributed by atoms with van der Waals surface area (Å²) in [7, 11) is 1.63. The van der Waals surface area contributed by atoms with Crippen LogP contribution in [-0.2, 0) is 11.3 Å². The molecule has 27 heavy (non-hydrogen) atoms. The van der Waals surface area contributed by atoms with Gasteiger partial charge in [0.2, 0.25) is 17.6 Å². The van der Waals surface area contributed by atoms with Gasteiger partial charge in [-0.25, -0.2) is 0 Å². The fraction of sp³-hybridized carbons (Fsp3) is 0.526. The zero-order valence-corrected chi connectivity index (χ0v) is 16.1. The summed E-state index contributed by atoms with van der Waals surface area (Å²) in [6, 6.07) is 7.40. The van der Waals surface area contributed by atoms with Crippen LogP contribution in [0.5, 0.6) is 5.75 Å². The largest absolute Gasteiger partial charge is 0.497 e. The van der Waals surface area contributed by atoms with Crippen molar-refractivity contribution in [2.24, 2.45) is 11.7 Å². The van der Waals surface area contributed by atoms with Crippen molar-refractivity contribution >= 4 is 5.91 Å². The van der Waals surface area contributed by atoms with Crippen LogP contribution in [0.1, 0.15) is 19.7 Å². The summed E-state index contributed by atoms with van der Waals surface area (Å²) in [5.74, 6) is 1.90. The van der Waals surface area contributed by atoms with Gasteiger partial charge in [-0.15, -0.1) is 0 Å². The molecular weight excluding hydrogens is 346 g/mol. The van der Waals surface area contributed by atoms with Gasteiger partial charge in [-0.2, -0.15) is 4.98 Å². The highest BCUT2D eigenvalue weighted by Gasteiger charge is 2.27. The molecule has 2 heterocycles. The van der Waals surface area contributed by atoms with E-state index in [9.17, 15) is 4.79 Å². The number of nitrogens with zero attached hydrogens (tertiary/aromatic N) is 4. The van der Waals surface area contributed by atoms with Gasteiger partial charge in [0.25, 0.3) is 0 Å². The summed E-state index contributed by atoms with van der Waals surface area (Å²) in [5, 5.41) is 4.06. The first-order valence-electron chi connectivity index (χ1n) is 9.21. The maximum absolute atomic E-state index is 12.4. The molecule has 3 rings (SSSR count). The first kappa shape index (κ1) is 19.3. The molecule has 2 unspecified atom stereocenters. The lowest BCUT2D eigenvalue weighted by Gasteiger charge is -2.35. The number of amides is 1. The van der Waals surface area contributed by atoms with E-state index in [1.54, 1.807) is 7.11 Å². The average Bonchev–Trinajstić information content (AvgIpc) is 3.16. The Balaban J connectivity index is 1.54. The van der Waals surface area contributed by atoms with E-state index in [0.29, 0.717) is 31.3 Å². The lowest BCUT2D eigenvalue weighted by atomic mass is 10.0. The topological polar surface area (TPSA) is 97.7 Å². The van der Waals surface area contributed by atoms with Gasteiger partial charge in [0.15, 0.2) is 0 Å². The molecule has 0 radical (unpaired) electrons. The van der Waals surface area contributed by atoms with Crippen LogP contribution in [0, 0.1) is 5.92 Å². The third-order valence-corrected chi connectivity index (χ3v) is 5.04. The molecule has 8 heteroatoms. The van der Waals surface area contributed by atoms with Gasteiger partial charge in [-0.3, -0.25) is 9.69 Å². The number of nitrogens with two attached hydrogens (primary N) is 1. The number of carbonyl (C=O) groups excluding carboxylic acids is 1. The van der Waals surface area contributed by atoms with Gasteiger partial charge in [0, 0.05) is 37.8 Å². The fourth-order valence-electron chi connectivity index (χ4n) is 3.01. The molecule has 0 saturated carbocycles. The minimum Gasteiger partial charge on any atom is -0.497 e. The van der Waals surface area contributed by atoms with E-state index in [1.807, 2.05) is 43.0 Å². The van der Waals surface area contributed by atoms with Crippen molar-refractivity contribution in [2.75, 3.05) is 33.3 Å². The Morgan fingerprint density at radius 3 is 2.48 bits per heavy atom. The summed E-state index contributed by atoms with van der Waals surface area (Å²) in [6.07, 6.45) is 0. The summed E-state index contributed by atoms with van der Waals surface area (Å²) in [4.78, 5) is 21.0. The zero-order chi connectivity index (χ0) is 19.4. The predicted molar refractivity (Wildman–Crippen MR) is 101 cm³/mol. The van der Waals surface area contributed by atoms with E-state index < -0.39 is 0 Å². The molecule has 1 aromatic heterocycles. The number of aromatic nitrogens is 2. The van der Waals surface area contributed by atoms with E-state index in [0.717, 1.165) is 24.4 Å². The molecule has 0 bridgehead atoms. The highest BCUT2D eigenvalue weighted by molar-refractivity contribution is 5.79. The number of hydrogen-bond donors (Lipinski definition) is 1. The van der Waals surface area contributed by atoms with Crippen LogP contribution < -0.4 is 10.5 Å². The predicted octanol–water partition coefficient (Wildman–Crippen LogP) is 1.37. The Morgan fingerprint density at radius 1 is 1.22 bits per heavy atom. The molecule has 1 fully saturated rings. The first-order chi connectivity index (χ1) is 13.0. The molecule has 2 N–H and O–H groups in total. The van der Waals surface area contributed by atoms with Crippen molar-refractivity contribution in [3.05, 3.63) is 30.2 Å². The third kappa shape index (κ3) is 4.64. The van der Waals surface area contributed by atoms with E-state index in [1.165, 1.54) is 0 Å². The second-order valence-corrected chi connectivity index (χ2v) is 6.99. The lowest BCUT2D eigenvalue weighted by Crippen LogP contribution is -2.51. The van der Waals surface area contributed by atoms with E-state index in [-0.39, 0.29) is 17.9 Å². The minimum absolute atomic E-state index is 0.129. The van der Waals surface area contributed by atoms with Crippen LogP contribution >= 0.6 is 0 Å². The SMILES string of the molecule is COc1ccc(-c2noc(CN3CCN(C(=O)C(C)C(C)N)CC3)n2)cc1. The van der Waals surface area contributed by atoms with Crippen LogP contribution in [0.3, 0.4) is 0 Å².